The molecule has 0 atom stereocenters. The minimum absolute atomic E-state index is 0.0544. The van der Waals surface area contributed by atoms with Crippen molar-refractivity contribution in [3.05, 3.63) is 29.8 Å². The molecule has 2 aliphatic rings. The molecule has 2 amide bonds. The number of Topliss-reactive ketones (excluding diaryl/α,β-unsaturated/α-hetero) is 1. The van der Waals surface area contributed by atoms with Crippen molar-refractivity contribution in [1.82, 2.24) is 5.32 Å². The summed E-state index contributed by atoms with van der Waals surface area (Å²) in [5.74, 6) is -0.473. The van der Waals surface area contributed by atoms with Gasteiger partial charge in [-0.15, -0.1) is 0 Å². The minimum Gasteiger partial charge on any atom is -0.352 e. The predicted molar refractivity (Wildman–Crippen MR) is 87.1 cm³/mol. The van der Waals surface area contributed by atoms with E-state index < -0.39 is 5.41 Å². The Labute approximate surface area is 135 Å². The average molecular weight is 314 g/mol. The molecule has 0 heterocycles. The second-order valence-electron chi connectivity index (χ2n) is 6.63. The SMILES string of the molecule is CC(=O)c1cccc(NC(=O)C2(C(=O)NC3CCCC3)CC2)c1. The Morgan fingerprint density at radius 2 is 1.78 bits per heavy atom. The van der Waals surface area contributed by atoms with Gasteiger partial charge in [-0.2, -0.15) is 0 Å². The van der Waals surface area contributed by atoms with Gasteiger partial charge < -0.3 is 10.6 Å². The fraction of sp³-hybridized carbons (Fsp3) is 0.500. The van der Waals surface area contributed by atoms with E-state index in [-0.39, 0.29) is 23.6 Å². The summed E-state index contributed by atoms with van der Waals surface area (Å²) in [6, 6.07) is 7.02. The van der Waals surface area contributed by atoms with Gasteiger partial charge in [-0.25, -0.2) is 0 Å². The van der Waals surface area contributed by atoms with E-state index in [1.54, 1.807) is 24.3 Å². The first-order valence-electron chi connectivity index (χ1n) is 8.25. The highest BCUT2D eigenvalue weighted by Gasteiger charge is 2.56. The highest BCUT2D eigenvalue weighted by atomic mass is 16.2. The molecule has 122 valence electrons. The van der Waals surface area contributed by atoms with Crippen molar-refractivity contribution in [2.24, 2.45) is 5.41 Å². The number of nitrogens with one attached hydrogen (secondary N) is 2. The Kier molecular flexibility index (Phi) is 4.20. The molecule has 2 aliphatic carbocycles. The highest BCUT2D eigenvalue weighted by molar-refractivity contribution is 6.13. The lowest BCUT2D eigenvalue weighted by molar-refractivity contribution is -0.134. The molecule has 0 bridgehead atoms. The molecule has 5 heteroatoms. The molecule has 23 heavy (non-hydrogen) atoms. The average Bonchev–Trinajstić information content (AvgIpc) is 3.20. The Hall–Kier alpha value is -2.17. The standard InChI is InChI=1S/C18H22N2O3/c1-12(21)13-5-4-8-15(11-13)20-17(23)18(9-10-18)16(22)19-14-6-2-3-7-14/h4-5,8,11,14H,2-3,6-7,9-10H2,1H3,(H,19,22)(H,20,23). The molecule has 0 spiro atoms. The number of carbonyl (C=O) groups excluding carboxylic acids is 3. The van der Waals surface area contributed by atoms with Gasteiger partial charge in [-0.05, 0) is 44.7 Å². The van der Waals surface area contributed by atoms with Gasteiger partial charge in [0.25, 0.3) is 0 Å². The minimum atomic E-state index is -0.922. The fourth-order valence-electron chi connectivity index (χ4n) is 3.14. The van der Waals surface area contributed by atoms with Crippen LogP contribution in [0.2, 0.25) is 0 Å². The van der Waals surface area contributed by atoms with E-state index in [2.05, 4.69) is 10.6 Å². The van der Waals surface area contributed by atoms with E-state index in [0.29, 0.717) is 24.1 Å². The van der Waals surface area contributed by atoms with Crippen LogP contribution in [-0.2, 0) is 9.59 Å². The van der Waals surface area contributed by atoms with E-state index in [0.717, 1.165) is 25.7 Å². The van der Waals surface area contributed by atoms with Crippen molar-refractivity contribution in [2.75, 3.05) is 5.32 Å². The zero-order chi connectivity index (χ0) is 16.4. The molecule has 0 unspecified atom stereocenters. The van der Waals surface area contributed by atoms with Crippen LogP contribution >= 0.6 is 0 Å². The third kappa shape index (κ3) is 3.28. The highest BCUT2D eigenvalue weighted by Crippen LogP contribution is 2.47. The molecule has 0 aliphatic heterocycles. The Morgan fingerprint density at radius 1 is 1.09 bits per heavy atom. The molecular formula is C18H22N2O3. The molecule has 5 nitrogen and oxygen atoms in total. The summed E-state index contributed by atoms with van der Waals surface area (Å²) in [7, 11) is 0. The summed E-state index contributed by atoms with van der Waals surface area (Å²) < 4.78 is 0. The van der Waals surface area contributed by atoms with Gasteiger partial charge in [0.15, 0.2) is 5.78 Å². The molecule has 2 fully saturated rings. The van der Waals surface area contributed by atoms with Crippen molar-refractivity contribution >= 4 is 23.3 Å². The molecule has 0 saturated heterocycles. The first kappa shape index (κ1) is 15.7. The van der Waals surface area contributed by atoms with Crippen LogP contribution in [0.5, 0.6) is 0 Å². The number of benzene rings is 1. The first-order chi connectivity index (χ1) is 11.0. The maximum absolute atomic E-state index is 12.5. The number of hydrogen-bond acceptors (Lipinski definition) is 3. The van der Waals surface area contributed by atoms with Gasteiger partial charge in [-0.3, -0.25) is 14.4 Å². The van der Waals surface area contributed by atoms with Gasteiger partial charge in [0.05, 0.1) is 0 Å². The van der Waals surface area contributed by atoms with Crippen molar-refractivity contribution in [3.63, 3.8) is 0 Å². The third-order valence-electron chi connectivity index (χ3n) is 4.84. The van der Waals surface area contributed by atoms with Gasteiger partial charge in [0, 0.05) is 17.3 Å². The summed E-state index contributed by atoms with van der Waals surface area (Å²) in [5, 5.41) is 5.82. The molecule has 0 radical (unpaired) electrons. The third-order valence-corrected chi connectivity index (χ3v) is 4.84. The van der Waals surface area contributed by atoms with Crippen molar-refractivity contribution < 1.29 is 14.4 Å². The summed E-state index contributed by atoms with van der Waals surface area (Å²) in [6.07, 6.45) is 5.46. The van der Waals surface area contributed by atoms with Crippen LogP contribution < -0.4 is 10.6 Å². The van der Waals surface area contributed by atoms with Gasteiger partial charge in [-0.1, -0.05) is 25.0 Å². The van der Waals surface area contributed by atoms with Crippen molar-refractivity contribution in [3.8, 4) is 0 Å². The second-order valence-corrected chi connectivity index (χ2v) is 6.63. The van der Waals surface area contributed by atoms with E-state index in [1.165, 1.54) is 6.92 Å². The zero-order valence-corrected chi connectivity index (χ0v) is 13.4. The predicted octanol–water partition coefficient (Wildman–Crippen LogP) is 2.67. The van der Waals surface area contributed by atoms with Crippen LogP contribution in [0.15, 0.2) is 24.3 Å². The molecule has 1 aromatic rings. The Morgan fingerprint density at radius 3 is 2.39 bits per heavy atom. The fourth-order valence-corrected chi connectivity index (χ4v) is 3.14. The Balaban J connectivity index is 1.66. The molecular weight excluding hydrogens is 292 g/mol. The molecule has 1 aromatic carbocycles. The lowest BCUT2D eigenvalue weighted by Gasteiger charge is -2.19. The number of rotatable bonds is 5. The summed E-state index contributed by atoms with van der Waals surface area (Å²) in [4.78, 5) is 36.4. The second kappa shape index (κ2) is 6.14. The maximum atomic E-state index is 12.5. The maximum Gasteiger partial charge on any atom is 0.240 e. The lowest BCUT2D eigenvalue weighted by Crippen LogP contribution is -2.43. The lowest BCUT2D eigenvalue weighted by atomic mass is 10.0. The van der Waals surface area contributed by atoms with Crippen LogP contribution in [0.1, 0.15) is 55.8 Å². The van der Waals surface area contributed by atoms with Gasteiger partial charge in [0.1, 0.15) is 5.41 Å². The van der Waals surface area contributed by atoms with Crippen LogP contribution in [0.4, 0.5) is 5.69 Å². The number of hydrogen-bond donors (Lipinski definition) is 2. The number of amides is 2. The van der Waals surface area contributed by atoms with E-state index in [9.17, 15) is 14.4 Å². The topological polar surface area (TPSA) is 75.3 Å². The molecule has 2 saturated carbocycles. The van der Waals surface area contributed by atoms with Crippen molar-refractivity contribution in [2.45, 2.75) is 51.5 Å². The molecule has 2 N–H and O–H groups in total. The molecule has 3 rings (SSSR count). The van der Waals surface area contributed by atoms with Crippen LogP contribution in [0, 0.1) is 5.41 Å². The summed E-state index contributed by atoms with van der Waals surface area (Å²) >= 11 is 0. The van der Waals surface area contributed by atoms with E-state index in [4.69, 9.17) is 0 Å². The van der Waals surface area contributed by atoms with Crippen LogP contribution in [-0.4, -0.2) is 23.6 Å². The van der Waals surface area contributed by atoms with Crippen LogP contribution in [0.25, 0.3) is 0 Å². The zero-order valence-electron chi connectivity index (χ0n) is 13.4. The quantitative estimate of drug-likeness (QED) is 0.648. The molecule has 0 aromatic heterocycles. The first-order valence-corrected chi connectivity index (χ1v) is 8.25. The van der Waals surface area contributed by atoms with E-state index in [1.807, 2.05) is 0 Å². The number of anilines is 1. The van der Waals surface area contributed by atoms with E-state index >= 15 is 0 Å². The summed E-state index contributed by atoms with van der Waals surface area (Å²) in [5.41, 5.74) is 0.181. The Bertz CT molecular complexity index is 643. The number of ketones is 1. The smallest absolute Gasteiger partial charge is 0.240 e. The van der Waals surface area contributed by atoms with Crippen LogP contribution in [0.3, 0.4) is 0 Å². The largest absolute Gasteiger partial charge is 0.352 e. The monoisotopic (exact) mass is 314 g/mol. The summed E-state index contributed by atoms with van der Waals surface area (Å²) in [6.45, 7) is 1.48. The van der Waals surface area contributed by atoms with Crippen molar-refractivity contribution in [1.29, 1.82) is 0 Å². The number of carbonyl (C=O) groups is 3. The van der Waals surface area contributed by atoms with Gasteiger partial charge in [0.2, 0.25) is 11.8 Å². The van der Waals surface area contributed by atoms with Gasteiger partial charge >= 0.3 is 0 Å². The normalized spacial score (nSPS) is 19.2.